The number of rotatable bonds is 6. The van der Waals surface area contributed by atoms with E-state index in [4.69, 9.17) is 19.7 Å². The molecule has 42 heavy (non-hydrogen) atoms. The molecule has 0 radical (unpaired) electrons. The second-order valence-corrected chi connectivity index (χ2v) is 10.3. The predicted molar refractivity (Wildman–Crippen MR) is 170 cm³/mol. The van der Waals surface area contributed by atoms with E-state index < -0.39 is 0 Å². The predicted octanol–water partition coefficient (Wildman–Crippen LogP) is 9.57. The van der Waals surface area contributed by atoms with Gasteiger partial charge in [-0.25, -0.2) is 15.0 Å². The lowest BCUT2D eigenvalue weighted by atomic mass is 10.0. The van der Waals surface area contributed by atoms with Crippen LogP contribution in [-0.4, -0.2) is 15.0 Å². The van der Waals surface area contributed by atoms with Crippen LogP contribution in [0.25, 0.3) is 34.2 Å². The summed E-state index contributed by atoms with van der Waals surface area (Å²) in [6.07, 6.45) is 1.91. The summed E-state index contributed by atoms with van der Waals surface area (Å²) in [6.45, 7) is 4.33. The Kier molecular flexibility index (Phi) is 6.68. The standard InChI is InChI=1S/C37H30N4O/c1-3-25-15-21-31-33(23-25)42-34-24-26(4-2)16-22-32(34)41(31)30-19-17-29(18-20-30)37-39-35(27-11-7-5-8-12-27)38-36(40-37)28-13-9-6-10-14-28/h5-24H,3-4H2,1-2H3. The van der Waals surface area contributed by atoms with E-state index in [0.29, 0.717) is 17.5 Å². The molecule has 2 heterocycles. The van der Waals surface area contributed by atoms with E-state index in [1.807, 2.05) is 60.7 Å². The molecule has 0 N–H and O–H groups in total. The summed E-state index contributed by atoms with van der Waals surface area (Å²) in [5.74, 6) is 3.68. The minimum atomic E-state index is 0.636. The fourth-order valence-corrected chi connectivity index (χ4v) is 5.31. The fourth-order valence-electron chi connectivity index (χ4n) is 5.31. The van der Waals surface area contributed by atoms with Gasteiger partial charge in [0.15, 0.2) is 29.0 Å². The molecule has 7 rings (SSSR count). The minimum Gasteiger partial charge on any atom is -0.453 e. The van der Waals surface area contributed by atoms with E-state index in [-0.39, 0.29) is 0 Å². The maximum atomic E-state index is 6.45. The van der Waals surface area contributed by atoms with Gasteiger partial charge < -0.3 is 9.64 Å². The number of ether oxygens (including phenoxy) is 1. The first-order valence-electron chi connectivity index (χ1n) is 14.4. The molecule has 0 atom stereocenters. The van der Waals surface area contributed by atoms with Crippen LogP contribution in [0.5, 0.6) is 11.5 Å². The molecule has 0 spiro atoms. The van der Waals surface area contributed by atoms with E-state index in [0.717, 1.165) is 58.1 Å². The van der Waals surface area contributed by atoms with Gasteiger partial charge in [-0.3, -0.25) is 0 Å². The summed E-state index contributed by atoms with van der Waals surface area (Å²) in [7, 11) is 0. The highest BCUT2D eigenvalue weighted by Gasteiger charge is 2.26. The maximum absolute atomic E-state index is 6.45. The molecule has 0 unspecified atom stereocenters. The molecule has 0 bridgehead atoms. The molecular weight excluding hydrogens is 516 g/mol. The average Bonchev–Trinajstić information content (AvgIpc) is 3.07. The summed E-state index contributed by atoms with van der Waals surface area (Å²) in [5.41, 5.74) is 8.41. The van der Waals surface area contributed by atoms with Gasteiger partial charge in [0.2, 0.25) is 0 Å². The topological polar surface area (TPSA) is 51.1 Å². The van der Waals surface area contributed by atoms with E-state index >= 15 is 0 Å². The SMILES string of the molecule is CCc1ccc2c(c1)Oc1cc(CC)ccc1N2c1ccc(-c2nc(-c3ccccc3)nc(-c3ccccc3)n2)cc1. The van der Waals surface area contributed by atoms with Crippen LogP contribution >= 0.6 is 0 Å². The number of hydrogen-bond donors (Lipinski definition) is 0. The Labute approximate surface area is 246 Å². The molecule has 0 fully saturated rings. The van der Waals surface area contributed by atoms with Crippen molar-refractivity contribution in [2.24, 2.45) is 0 Å². The van der Waals surface area contributed by atoms with Crippen LogP contribution in [0.4, 0.5) is 17.1 Å². The van der Waals surface area contributed by atoms with Crippen LogP contribution in [0.2, 0.25) is 0 Å². The molecule has 5 heteroatoms. The minimum absolute atomic E-state index is 0.636. The molecule has 1 aliphatic heterocycles. The third kappa shape index (κ3) is 4.79. The Morgan fingerprint density at radius 1 is 0.500 bits per heavy atom. The lowest BCUT2D eigenvalue weighted by Crippen LogP contribution is -2.16. The molecule has 0 aliphatic carbocycles. The first kappa shape index (κ1) is 25.7. The van der Waals surface area contributed by atoms with Crippen LogP contribution in [0.15, 0.2) is 121 Å². The molecule has 5 nitrogen and oxygen atoms in total. The maximum Gasteiger partial charge on any atom is 0.164 e. The van der Waals surface area contributed by atoms with Crippen molar-refractivity contribution in [1.29, 1.82) is 0 Å². The third-order valence-electron chi connectivity index (χ3n) is 7.65. The Morgan fingerprint density at radius 2 is 0.929 bits per heavy atom. The van der Waals surface area contributed by atoms with Gasteiger partial charge in [0.25, 0.3) is 0 Å². The van der Waals surface area contributed by atoms with Crippen molar-refractivity contribution in [1.82, 2.24) is 15.0 Å². The highest BCUT2D eigenvalue weighted by molar-refractivity contribution is 5.87. The smallest absolute Gasteiger partial charge is 0.164 e. The van der Waals surface area contributed by atoms with Crippen molar-refractivity contribution in [3.8, 4) is 45.7 Å². The monoisotopic (exact) mass is 546 g/mol. The van der Waals surface area contributed by atoms with Crippen LogP contribution in [-0.2, 0) is 12.8 Å². The Morgan fingerprint density at radius 3 is 1.36 bits per heavy atom. The van der Waals surface area contributed by atoms with Crippen LogP contribution in [0.3, 0.4) is 0 Å². The van der Waals surface area contributed by atoms with Crippen molar-refractivity contribution >= 4 is 17.1 Å². The molecule has 0 amide bonds. The van der Waals surface area contributed by atoms with Gasteiger partial charge in [-0.15, -0.1) is 0 Å². The second kappa shape index (κ2) is 10.9. The van der Waals surface area contributed by atoms with Gasteiger partial charge >= 0.3 is 0 Å². The zero-order valence-electron chi connectivity index (χ0n) is 23.7. The molecule has 6 aromatic rings. The van der Waals surface area contributed by atoms with Gasteiger partial charge in [0.1, 0.15) is 0 Å². The number of hydrogen-bond acceptors (Lipinski definition) is 5. The molecule has 0 saturated carbocycles. The van der Waals surface area contributed by atoms with Crippen molar-refractivity contribution in [2.45, 2.75) is 26.7 Å². The van der Waals surface area contributed by atoms with Crippen molar-refractivity contribution in [3.63, 3.8) is 0 Å². The molecular formula is C37H30N4O. The largest absolute Gasteiger partial charge is 0.453 e. The average molecular weight is 547 g/mol. The number of nitrogens with zero attached hydrogens (tertiary/aromatic N) is 4. The highest BCUT2D eigenvalue weighted by atomic mass is 16.5. The summed E-state index contributed by atoms with van der Waals surface area (Å²) >= 11 is 0. The van der Waals surface area contributed by atoms with Crippen LogP contribution in [0, 0.1) is 0 Å². The highest BCUT2D eigenvalue weighted by Crippen LogP contribution is 2.51. The first-order chi connectivity index (χ1) is 20.7. The normalized spacial score (nSPS) is 11.9. The molecule has 1 aromatic heterocycles. The number of benzene rings is 5. The Hall–Kier alpha value is -5.29. The number of aromatic nitrogens is 3. The van der Waals surface area contributed by atoms with Crippen molar-refractivity contribution < 1.29 is 4.74 Å². The molecule has 0 saturated heterocycles. The Balaban J connectivity index is 1.32. The van der Waals surface area contributed by atoms with E-state index in [2.05, 4.69) is 79.4 Å². The number of anilines is 3. The van der Waals surface area contributed by atoms with Crippen molar-refractivity contribution in [2.75, 3.05) is 4.90 Å². The zero-order valence-corrected chi connectivity index (χ0v) is 23.7. The van der Waals surface area contributed by atoms with Gasteiger partial charge in [-0.05, 0) is 72.5 Å². The van der Waals surface area contributed by atoms with E-state index in [1.165, 1.54) is 11.1 Å². The number of fused-ring (bicyclic) bond motifs is 2. The fraction of sp³-hybridized carbons (Fsp3) is 0.108. The summed E-state index contributed by atoms with van der Waals surface area (Å²) in [4.78, 5) is 16.9. The van der Waals surface area contributed by atoms with E-state index in [1.54, 1.807) is 0 Å². The molecule has 1 aliphatic rings. The third-order valence-corrected chi connectivity index (χ3v) is 7.65. The van der Waals surface area contributed by atoms with E-state index in [9.17, 15) is 0 Å². The summed E-state index contributed by atoms with van der Waals surface area (Å²) < 4.78 is 6.45. The van der Waals surface area contributed by atoms with Gasteiger partial charge in [-0.1, -0.05) is 86.6 Å². The first-order valence-corrected chi connectivity index (χ1v) is 14.4. The molecule has 5 aromatic carbocycles. The quantitative estimate of drug-likeness (QED) is 0.208. The Bertz CT molecular complexity index is 1760. The van der Waals surface area contributed by atoms with Crippen LogP contribution in [0.1, 0.15) is 25.0 Å². The summed E-state index contributed by atoms with van der Waals surface area (Å²) in [5, 5.41) is 0. The van der Waals surface area contributed by atoms with Crippen molar-refractivity contribution in [3.05, 3.63) is 132 Å². The van der Waals surface area contributed by atoms with Crippen LogP contribution < -0.4 is 9.64 Å². The lowest BCUT2D eigenvalue weighted by molar-refractivity contribution is 0.475. The molecule has 204 valence electrons. The lowest BCUT2D eigenvalue weighted by Gasteiger charge is -2.33. The summed E-state index contributed by atoms with van der Waals surface area (Å²) in [6, 6.07) is 41.5. The van der Waals surface area contributed by atoms with Gasteiger partial charge in [0.05, 0.1) is 11.4 Å². The number of aryl methyl sites for hydroxylation is 2. The van der Waals surface area contributed by atoms with Gasteiger partial charge in [0, 0.05) is 22.4 Å². The van der Waals surface area contributed by atoms with Gasteiger partial charge in [-0.2, -0.15) is 0 Å². The second-order valence-electron chi connectivity index (χ2n) is 10.3. The zero-order chi connectivity index (χ0) is 28.5.